The third-order valence-electron chi connectivity index (χ3n) is 4.38. The zero-order valence-electron chi connectivity index (χ0n) is 15.2. The molecule has 0 unspecified atom stereocenters. The van der Waals surface area contributed by atoms with Gasteiger partial charge < -0.3 is 4.42 Å². The van der Waals surface area contributed by atoms with E-state index in [1.54, 1.807) is 12.1 Å². The Labute approximate surface area is 173 Å². The number of nitrogens with zero attached hydrogens (tertiary/aromatic N) is 4. The number of hydrogen-bond donors (Lipinski definition) is 0. The molecule has 0 bridgehead atoms. The molecular weight excluding hydrogens is 407 g/mol. The maximum absolute atomic E-state index is 13.3. The van der Waals surface area contributed by atoms with Gasteiger partial charge >= 0.3 is 0 Å². The van der Waals surface area contributed by atoms with Gasteiger partial charge in [0.2, 0.25) is 5.89 Å². The number of aromatic nitrogens is 4. The van der Waals surface area contributed by atoms with Gasteiger partial charge in [0.25, 0.3) is 5.22 Å². The first-order valence-electron chi connectivity index (χ1n) is 8.74. The van der Waals surface area contributed by atoms with Gasteiger partial charge in [0.05, 0.1) is 5.39 Å². The molecule has 0 aliphatic rings. The molecule has 0 saturated carbocycles. The fourth-order valence-corrected chi connectivity index (χ4v) is 4.67. The average Bonchev–Trinajstić information content (AvgIpc) is 3.37. The Kier molecular flexibility index (Phi) is 4.57. The van der Waals surface area contributed by atoms with Crippen molar-refractivity contribution in [2.24, 2.45) is 0 Å². The van der Waals surface area contributed by atoms with Crippen LogP contribution in [-0.4, -0.2) is 20.2 Å². The van der Waals surface area contributed by atoms with E-state index in [4.69, 9.17) is 4.42 Å². The number of benzene rings is 2. The average molecular weight is 420 g/mol. The smallest absolute Gasteiger partial charge is 0.283 e. The van der Waals surface area contributed by atoms with Crippen LogP contribution in [0.1, 0.15) is 5.56 Å². The van der Waals surface area contributed by atoms with Crippen molar-refractivity contribution in [3.8, 4) is 22.6 Å². The Morgan fingerprint density at radius 2 is 1.69 bits per heavy atom. The summed E-state index contributed by atoms with van der Waals surface area (Å²) >= 11 is 2.81. The van der Waals surface area contributed by atoms with E-state index in [1.807, 2.05) is 36.6 Å². The third-order valence-corrected chi connectivity index (χ3v) is 6.11. The molecular formula is C21H13FN4OS2. The predicted octanol–water partition coefficient (Wildman–Crippen LogP) is 6.01. The topological polar surface area (TPSA) is 64.7 Å². The van der Waals surface area contributed by atoms with E-state index in [9.17, 15) is 4.39 Å². The van der Waals surface area contributed by atoms with E-state index in [2.05, 4.69) is 20.2 Å². The Balaban J connectivity index is 1.52. The van der Waals surface area contributed by atoms with Crippen LogP contribution in [0.2, 0.25) is 0 Å². The molecule has 5 nitrogen and oxygen atoms in total. The van der Waals surface area contributed by atoms with Gasteiger partial charge in [-0.1, -0.05) is 29.8 Å². The molecule has 8 heteroatoms. The molecule has 0 saturated heterocycles. The Bertz CT molecular complexity index is 1300. The number of fused-ring (bicyclic) bond motifs is 1. The molecule has 0 radical (unpaired) electrons. The summed E-state index contributed by atoms with van der Waals surface area (Å²) in [6, 6.07) is 14.3. The van der Waals surface area contributed by atoms with Gasteiger partial charge in [0, 0.05) is 16.5 Å². The number of aryl methyl sites for hydroxylation is 1. The van der Waals surface area contributed by atoms with Crippen LogP contribution in [0.3, 0.4) is 0 Å². The minimum atomic E-state index is -0.270. The molecule has 5 aromatic rings. The molecule has 0 fully saturated rings. The van der Waals surface area contributed by atoms with Crippen LogP contribution in [0.5, 0.6) is 0 Å². The zero-order chi connectivity index (χ0) is 19.8. The molecule has 0 aliphatic heterocycles. The first-order valence-corrected chi connectivity index (χ1v) is 10.4. The van der Waals surface area contributed by atoms with Gasteiger partial charge in [0.15, 0.2) is 0 Å². The highest BCUT2D eigenvalue weighted by molar-refractivity contribution is 7.99. The van der Waals surface area contributed by atoms with E-state index < -0.39 is 0 Å². The van der Waals surface area contributed by atoms with Crippen molar-refractivity contribution >= 4 is 33.3 Å². The van der Waals surface area contributed by atoms with Crippen LogP contribution < -0.4 is 0 Å². The molecule has 3 aromatic heterocycles. The second-order valence-electron chi connectivity index (χ2n) is 6.36. The highest BCUT2D eigenvalue weighted by atomic mass is 32.2. The Morgan fingerprint density at radius 3 is 2.48 bits per heavy atom. The highest BCUT2D eigenvalue weighted by Crippen LogP contribution is 2.40. The first kappa shape index (κ1) is 18.0. The molecule has 3 heterocycles. The maximum Gasteiger partial charge on any atom is 0.283 e. The molecule has 0 amide bonds. The minimum absolute atomic E-state index is 0.270. The molecule has 5 rings (SSSR count). The number of thiophene rings is 1. The van der Waals surface area contributed by atoms with Gasteiger partial charge in [-0.2, -0.15) is 0 Å². The summed E-state index contributed by atoms with van der Waals surface area (Å²) in [6.45, 7) is 2.03. The Hall–Kier alpha value is -3.10. The summed E-state index contributed by atoms with van der Waals surface area (Å²) in [7, 11) is 0. The molecule has 2 aromatic carbocycles. The lowest BCUT2D eigenvalue weighted by atomic mass is 10.1. The molecule has 29 heavy (non-hydrogen) atoms. The van der Waals surface area contributed by atoms with Crippen molar-refractivity contribution in [2.75, 3.05) is 0 Å². The fraction of sp³-hybridized carbons (Fsp3) is 0.0476. The third kappa shape index (κ3) is 3.52. The van der Waals surface area contributed by atoms with Crippen LogP contribution in [0, 0.1) is 12.7 Å². The quantitative estimate of drug-likeness (QED) is 0.332. The van der Waals surface area contributed by atoms with Crippen LogP contribution in [0.4, 0.5) is 4.39 Å². The summed E-state index contributed by atoms with van der Waals surface area (Å²) in [5.41, 5.74) is 3.88. The summed E-state index contributed by atoms with van der Waals surface area (Å²) in [5, 5.41) is 12.3. The van der Waals surface area contributed by atoms with Crippen molar-refractivity contribution in [1.82, 2.24) is 20.2 Å². The van der Waals surface area contributed by atoms with Crippen molar-refractivity contribution in [3.63, 3.8) is 0 Å². The van der Waals surface area contributed by atoms with E-state index in [0.717, 1.165) is 37.5 Å². The van der Waals surface area contributed by atoms with E-state index in [1.165, 1.54) is 41.6 Å². The largest absolute Gasteiger partial charge is 0.411 e. The molecule has 0 N–H and O–H groups in total. The monoisotopic (exact) mass is 420 g/mol. The normalized spacial score (nSPS) is 11.2. The molecule has 0 spiro atoms. The SMILES string of the molecule is Cc1ccc(-c2nnc(Sc3ncnc4scc(-c5ccc(F)cc5)c34)o2)cc1. The summed E-state index contributed by atoms with van der Waals surface area (Å²) in [4.78, 5) is 9.64. The Morgan fingerprint density at radius 1 is 0.931 bits per heavy atom. The minimum Gasteiger partial charge on any atom is -0.411 e. The molecule has 0 atom stereocenters. The van der Waals surface area contributed by atoms with Crippen LogP contribution in [-0.2, 0) is 0 Å². The van der Waals surface area contributed by atoms with E-state index in [-0.39, 0.29) is 5.82 Å². The molecule has 0 aliphatic carbocycles. The van der Waals surface area contributed by atoms with Crippen molar-refractivity contribution in [2.45, 2.75) is 17.2 Å². The lowest BCUT2D eigenvalue weighted by Gasteiger charge is -2.03. The zero-order valence-corrected chi connectivity index (χ0v) is 16.8. The summed E-state index contributed by atoms with van der Waals surface area (Å²) < 4.78 is 19.2. The predicted molar refractivity (Wildman–Crippen MR) is 111 cm³/mol. The first-order chi connectivity index (χ1) is 14.2. The number of hydrogen-bond acceptors (Lipinski definition) is 7. The highest BCUT2D eigenvalue weighted by Gasteiger charge is 2.17. The maximum atomic E-state index is 13.3. The number of halogens is 1. The summed E-state index contributed by atoms with van der Waals surface area (Å²) in [5.74, 6) is 0.190. The summed E-state index contributed by atoms with van der Waals surface area (Å²) in [6.07, 6.45) is 1.52. The number of rotatable bonds is 4. The van der Waals surface area contributed by atoms with Crippen LogP contribution in [0.25, 0.3) is 32.8 Å². The lowest BCUT2D eigenvalue weighted by molar-refractivity contribution is 0.465. The van der Waals surface area contributed by atoms with Crippen molar-refractivity contribution in [3.05, 3.63) is 71.6 Å². The molecule has 142 valence electrons. The standard InChI is InChI=1S/C21H13FN4OS2/c1-12-2-4-14(5-3-12)18-25-26-21(27-18)29-20-17-16(10-28-19(17)23-11-24-20)13-6-8-15(22)9-7-13/h2-11H,1H3. The van der Waals surface area contributed by atoms with Crippen LogP contribution in [0.15, 0.2) is 74.9 Å². The second kappa shape index (κ2) is 7.38. The lowest BCUT2D eigenvalue weighted by Crippen LogP contribution is -1.86. The van der Waals surface area contributed by atoms with Crippen molar-refractivity contribution in [1.29, 1.82) is 0 Å². The van der Waals surface area contributed by atoms with Gasteiger partial charge in [-0.05, 0) is 48.5 Å². The fourth-order valence-electron chi connectivity index (χ4n) is 2.91. The van der Waals surface area contributed by atoms with Crippen LogP contribution >= 0.6 is 23.1 Å². The van der Waals surface area contributed by atoms with Gasteiger partial charge in [-0.15, -0.1) is 21.5 Å². The van der Waals surface area contributed by atoms with Gasteiger partial charge in [-0.3, -0.25) is 0 Å². The second-order valence-corrected chi connectivity index (χ2v) is 8.15. The van der Waals surface area contributed by atoms with Gasteiger partial charge in [0.1, 0.15) is 22.0 Å². The van der Waals surface area contributed by atoms with Crippen molar-refractivity contribution < 1.29 is 8.81 Å². The van der Waals surface area contributed by atoms with E-state index >= 15 is 0 Å². The van der Waals surface area contributed by atoms with E-state index in [0.29, 0.717) is 11.1 Å². The van der Waals surface area contributed by atoms with Gasteiger partial charge in [-0.25, -0.2) is 14.4 Å².